The monoisotopic (exact) mass is 264 g/mol. The van der Waals surface area contributed by atoms with Crippen molar-refractivity contribution in [2.45, 2.75) is 39.8 Å². The molecule has 2 N–H and O–H groups in total. The molecule has 4 heteroatoms. The zero-order chi connectivity index (χ0) is 14.1. The lowest BCUT2D eigenvalue weighted by molar-refractivity contribution is -0.122. The fraction of sp³-hybridized carbons (Fsp3) is 0.533. The average Bonchev–Trinajstić information content (AvgIpc) is 2.36. The molecule has 0 aromatic heterocycles. The van der Waals surface area contributed by atoms with Gasteiger partial charge in [0.25, 0.3) is 0 Å². The molecule has 0 aliphatic rings. The molecule has 4 nitrogen and oxygen atoms in total. The third-order valence-electron chi connectivity index (χ3n) is 2.53. The summed E-state index contributed by atoms with van der Waals surface area (Å²) in [5.41, 5.74) is 1.19. The highest BCUT2D eigenvalue weighted by Gasteiger charge is 2.03. The van der Waals surface area contributed by atoms with Crippen LogP contribution in [0.4, 0.5) is 0 Å². The molecule has 1 aromatic carbocycles. The quantitative estimate of drug-likeness (QED) is 0.756. The maximum absolute atomic E-state index is 11.5. The summed E-state index contributed by atoms with van der Waals surface area (Å²) in [4.78, 5) is 11.5. The standard InChI is InChI=1S/C15H24N2O2/c1-4-16-11-13-6-5-7-14(10-13)19-9-8-15(18)17-12(2)3/h5-7,10,12,16H,4,8-9,11H2,1-3H3,(H,17,18). The van der Waals surface area contributed by atoms with Crippen LogP contribution >= 0.6 is 0 Å². The summed E-state index contributed by atoms with van der Waals surface area (Å²) >= 11 is 0. The first-order valence-electron chi connectivity index (χ1n) is 6.83. The number of rotatable bonds is 8. The van der Waals surface area contributed by atoms with Crippen molar-refractivity contribution < 1.29 is 9.53 Å². The number of carbonyl (C=O) groups is 1. The molecule has 0 radical (unpaired) electrons. The molecule has 106 valence electrons. The number of amides is 1. The summed E-state index contributed by atoms with van der Waals surface area (Å²) in [7, 11) is 0. The van der Waals surface area contributed by atoms with Gasteiger partial charge in [0.15, 0.2) is 0 Å². The molecule has 0 saturated carbocycles. The SMILES string of the molecule is CCNCc1cccc(OCCC(=O)NC(C)C)c1. The molecule has 1 amide bonds. The molecule has 0 fully saturated rings. The van der Waals surface area contributed by atoms with Crippen molar-refractivity contribution in [2.24, 2.45) is 0 Å². The van der Waals surface area contributed by atoms with Crippen molar-refractivity contribution in [1.29, 1.82) is 0 Å². The second-order valence-corrected chi connectivity index (χ2v) is 4.75. The lowest BCUT2D eigenvalue weighted by atomic mass is 10.2. The van der Waals surface area contributed by atoms with E-state index in [1.165, 1.54) is 5.56 Å². The summed E-state index contributed by atoms with van der Waals surface area (Å²) in [6.07, 6.45) is 0.385. The Morgan fingerprint density at radius 3 is 2.84 bits per heavy atom. The molecule has 0 spiro atoms. The van der Waals surface area contributed by atoms with Crippen molar-refractivity contribution in [3.8, 4) is 5.75 Å². The number of hydrogen-bond acceptors (Lipinski definition) is 3. The minimum absolute atomic E-state index is 0.0267. The van der Waals surface area contributed by atoms with Crippen molar-refractivity contribution in [3.05, 3.63) is 29.8 Å². The summed E-state index contributed by atoms with van der Waals surface area (Å²) in [5.74, 6) is 0.839. The molecule has 0 aliphatic carbocycles. The first-order chi connectivity index (χ1) is 9.11. The van der Waals surface area contributed by atoms with Crippen molar-refractivity contribution >= 4 is 5.91 Å². The predicted molar refractivity (Wildman–Crippen MR) is 77.2 cm³/mol. The van der Waals surface area contributed by atoms with Gasteiger partial charge >= 0.3 is 0 Å². The van der Waals surface area contributed by atoms with Crippen LogP contribution in [0.15, 0.2) is 24.3 Å². The van der Waals surface area contributed by atoms with Gasteiger partial charge in [0.05, 0.1) is 13.0 Å². The Kier molecular flexibility index (Phi) is 6.97. The van der Waals surface area contributed by atoms with Crippen molar-refractivity contribution in [1.82, 2.24) is 10.6 Å². The number of hydrogen-bond donors (Lipinski definition) is 2. The van der Waals surface area contributed by atoms with Crippen molar-refractivity contribution in [2.75, 3.05) is 13.2 Å². The van der Waals surface area contributed by atoms with E-state index >= 15 is 0 Å². The van der Waals surface area contributed by atoms with Gasteiger partial charge in [-0.3, -0.25) is 4.79 Å². The molecule has 1 aromatic rings. The fourth-order valence-corrected chi connectivity index (χ4v) is 1.67. The molecule has 0 bridgehead atoms. The van der Waals surface area contributed by atoms with Crippen molar-refractivity contribution in [3.63, 3.8) is 0 Å². The van der Waals surface area contributed by atoms with E-state index in [9.17, 15) is 4.79 Å². The Balaban J connectivity index is 2.34. The molecule has 19 heavy (non-hydrogen) atoms. The summed E-state index contributed by atoms with van der Waals surface area (Å²) < 4.78 is 5.59. The topological polar surface area (TPSA) is 50.4 Å². The second-order valence-electron chi connectivity index (χ2n) is 4.75. The number of benzene rings is 1. The van der Waals surface area contributed by atoms with Gasteiger partial charge in [0.1, 0.15) is 5.75 Å². The van der Waals surface area contributed by atoms with E-state index in [1.807, 2.05) is 32.0 Å². The number of carbonyl (C=O) groups excluding carboxylic acids is 1. The maximum Gasteiger partial charge on any atom is 0.223 e. The number of nitrogens with one attached hydrogen (secondary N) is 2. The highest BCUT2D eigenvalue weighted by Crippen LogP contribution is 2.13. The van der Waals surface area contributed by atoms with E-state index in [2.05, 4.69) is 23.6 Å². The molecule has 0 atom stereocenters. The molecule has 0 saturated heterocycles. The minimum atomic E-state index is 0.0267. The third-order valence-corrected chi connectivity index (χ3v) is 2.53. The zero-order valence-electron chi connectivity index (χ0n) is 12.0. The first-order valence-corrected chi connectivity index (χ1v) is 6.83. The van der Waals surface area contributed by atoms with Crippen LogP contribution in [0.5, 0.6) is 5.75 Å². The molecule has 0 aliphatic heterocycles. The van der Waals surface area contributed by atoms with Gasteiger partial charge in [-0.05, 0) is 38.1 Å². The van der Waals surface area contributed by atoms with Crippen LogP contribution in [0, 0.1) is 0 Å². The molecular formula is C15H24N2O2. The number of ether oxygens (including phenoxy) is 1. The smallest absolute Gasteiger partial charge is 0.223 e. The third kappa shape index (κ3) is 6.82. The van der Waals surface area contributed by atoms with Crippen LogP contribution in [0.1, 0.15) is 32.8 Å². The Labute approximate surface area is 115 Å². The molecule has 1 rings (SSSR count). The van der Waals surface area contributed by atoms with Gasteiger partial charge in [-0.1, -0.05) is 19.1 Å². The average molecular weight is 264 g/mol. The van der Waals surface area contributed by atoms with Gasteiger partial charge in [0, 0.05) is 12.6 Å². The lowest BCUT2D eigenvalue weighted by Crippen LogP contribution is -2.31. The lowest BCUT2D eigenvalue weighted by Gasteiger charge is -2.10. The molecular weight excluding hydrogens is 240 g/mol. The van der Waals surface area contributed by atoms with Crippen LogP contribution < -0.4 is 15.4 Å². The van der Waals surface area contributed by atoms with Crippen LogP contribution in [0.25, 0.3) is 0 Å². The predicted octanol–water partition coefficient (Wildman–Crippen LogP) is 2.09. The molecule has 0 unspecified atom stereocenters. The van der Waals surface area contributed by atoms with Crippen LogP contribution in [-0.2, 0) is 11.3 Å². The van der Waals surface area contributed by atoms with Crippen LogP contribution in [0.2, 0.25) is 0 Å². The van der Waals surface area contributed by atoms with E-state index in [4.69, 9.17) is 4.74 Å². The minimum Gasteiger partial charge on any atom is -0.493 e. The van der Waals surface area contributed by atoms with E-state index in [0.29, 0.717) is 13.0 Å². The largest absolute Gasteiger partial charge is 0.493 e. The Morgan fingerprint density at radius 2 is 2.16 bits per heavy atom. The fourth-order valence-electron chi connectivity index (χ4n) is 1.67. The van der Waals surface area contributed by atoms with E-state index in [-0.39, 0.29) is 11.9 Å². The van der Waals surface area contributed by atoms with Gasteiger partial charge in [-0.2, -0.15) is 0 Å². The Morgan fingerprint density at radius 1 is 1.37 bits per heavy atom. The Hall–Kier alpha value is -1.55. The Bertz CT molecular complexity index is 391. The zero-order valence-corrected chi connectivity index (χ0v) is 12.0. The summed E-state index contributed by atoms with van der Waals surface area (Å²) in [6.45, 7) is 8.16. The summed E-state index contributed by atoms with van der Waals surface area (Å²) in [6, 6.07) is 8.12. The van der Waals surface area contributed by atoms with Gasteiger partial charge in [0.2, 0.25) is 5.91 Å². The normalized spacial score (nSPS) is 10.5. The van der Waals surface area contributed by atoms with E-state index in [1.54, 1.807) is 0 Å². The van der Waals surface area contributed by atoms with Crippen LogP contribution in [-0.4, -0.2) is 25.1 Å². The van der Waals surface area contributed by atoms with Crippen LogP contribution in [0.3, 0.4) is 0 Å². The van der Waals surface area contributed by atoms with E-state index < -0.39 is 0 Å². The van der Waals surface area contributed by atoms with Gasteiger partial charge in [-0.15, -0.1) is 0 Å². The second kappa shape index (κ2) is 8.53. The highest BCUT2D eigenvalue weighted by molar-refractivity contribution is 5.76. The van der Waals surface area contributed by atoms with Gasteiger partial charge in [-0.25, -0.2) is 0 Å². The first kappa shape index (κ1) is 15.5. The van der Waals surface area contributed by atoms with E-state index in [0.717, 1.165) is 18.8 Å². The summed E-state index contributed by atoms with van der Waals surface area (Å²) in [5, 5.41) is 6.11. The highest BCUT2D eigenvalue weighted by atomic mass is 16.5. The maximum atomic E-state index is 11.5. The molecule has 0 heterocycles. The van der Waals surface area contributed by atoms with Gasteiger partial charge < -0.3 is 15.4 Å².